The van der Waals surface area contributed by atoms with Gasteiger partial charge in [0, 0.05) is 48.6 Å². The van der Waals surface area contributed by atoms with Gasteiger partial charge in [-0.3, -0.25) is 0 Å². The Balaban J connectivity index is 1.45. The summed E-state index contributed by atoms with van der Waals surface area (Å²) in [5, 5.41) is 0. The van der Waals surface area contributed by atoms with E-state index in [0.29, 0.717) is 60.9 Å². The average Bonchev–Trinajstić information content (AvgIpc) is 3.10. The number of aryl methyl sites for hydroxylation is 1. The first-order chi connectivity index (χ1) is 23.7. The number of benzene rings is 3. The van der Waals surface area contributed by atoms with Crippen LogP contribution in [0.2, 0.25) is 0 Å². The monoisotopic (exact) mass is 719 g/mol. The summed E-state index contributed by atoms with van der Waals surface area (Å²) in [6.45, 7) is 0.274. The number of ether oxygens (including phenoxy) is 2. The number of anilines is 2. The SMILES string of the molecule is COc1ccc(CN(c2ccncn2)S(=O)(=O)c2cc(F)c(N3CCC[C@](CCc4cccc(C(F)(F)F)c4)(N(C)C)C3)cc2F)c(OC)c1. The highest BCUT2D eigenvalue weighted by Crippen LogP contribution is 2.38. The van der Waals surface area contributed by atoms with Crippen LogP contribution >= 0.6 is 0 Å². The molecule has 1 aliphatic rings. The van der Waals surface area contributed by atoms with Gasteiger partial charge in [0.05, 0.1) is 32.0 Å². The molecule has 0 unspecified atom stereocenters. The number of rotatable bonds is 12. The Bertz CT molecular complexity index is 1910. The maximum atomic E-state index is 16.0. The third-order valence-corrected chi connectivity index (χ3v) is 10.9. The van der Waals surface area contributed by atoms with E-state index in [-0.39, 0.29) is 24.6 Å². The van der Waals surface area contributed by atoms with Crippen LogP contribution in [0.1, 0.15) is 36.0 Å². The molecule has 3 aromatic carbocycles. The van der Waals surface area contributed by atoms with Gasteiger partial charge in [-0.15, -0.1) is 0 Å². The van der Waals surface area contributed by atoms with Crippen LogP contribution in [0.3, 0.4) is 0 Å². The van der Waals surface area contributed by atoms with Crippen molar-refractivity contribution < 1.29 is 39.8 Å². The first-order valence-electron chi connectivity index (χ1n) is 15.8. The Morgan fingerprint density at radius 1 is 0.980 bits per heavy atom. The molecule has 50 heavy (non-hydrogen) atoms. The molecule has 268 valence electrons. The highest BCUT2D eigenvalue weighted by atomic mass is 32.2. The van der Waals surface area contributed by atoms with Gasteiger partial charge in [-0.25, -0.2) is 31.5 Å². The largest absolute Gasteiger partial charge is 0.497 e. The topological polar surface area (TPSA) is 88.1 Å². The summed E-state index contributed by atoms with van der Waals surface area (Å²) in [6.07, 6.45) is 0.0628. The molecule has 15 heteroatoms. The lowest BCUT2D eigenvalue weighted by Crippen LogP contribution is -2.56. The molecule has 0 spiro atoms. The summed E-state index contributed by atoms with van der Waals surface area (Å²) in [7, 11) is 1.83. The second-order valence-electron chi connectivity index (χ2n) is 12.3. The van der Waals surface area contributed by atoms with Crippen LogP contribution < -0.4 is 18.7 Å². The molecule has 5 rings (SSSR count). The van der Waals surface area contributed by atoms with Gasteiger partial charge < -0.3 is 19.3 Å². The Morgan fingerprint density at radius 3 is 2.42 bits per heavy atom. The van der Waals surface area contributed by atoms with E-state index in [9.17, 15) is 21.6 Å². The normalized spacial score (nSPS) is 16.8. The van der Waals surface area contributed by atoms with E-state index in [0.717, 1.165) is 28.8 Å². The fourth-order valence-corrected chi connectivity index (χ4v) is 7.78. The third-order valence-electron chi connectivity index (χ3n) is 9.18. The molecule has 0 bridgehead atoms. The zero-order valence-corrected chi connectivity index (χ0v) is 28.9. The van der Waals surface area contributed by atoms with Gasteiger partial charge in [0.1, 0.15) is 40.2 Å². The predicted molar refractivity (Wildman–Crippen MR) is 179 cm³/mol. The number of aromatic nitrogens is 2. The van der Waals surface area contributed by atoms with Gasteiger partial charge >= 0.3 is 6.18 Å². The average molecular weight is 720 g/mol. The molecule has 0 aliphatic carbocycles. The Hall–Kier alpha value is -4.50. The number of likely N-dealkylation sites (N-methyl/N-ethyl adjacent to an activating group) is 1. The lowest BCUT2D eigenvalue weighted by atomic mass is 9.82. The minimum absolute atomic E-state index is 0.0747. The minimum Gasteiger partial charge on any atom is -0.497 e. The van der Waals surface area contributed by atoms with Crippen molar-refractivity contribution in [3.63, 3.8) is 0 Å². The summed E-state index contributed by atoms with van der Waals surface area (Å²) in [5.74, 6) is -1.40. The van der Waals surface area contributed by atoms with Gasteiger partial charge in [0.2, 0.25) is 0 Å². The fourth-order valence-electron chi connectivity index (χ4n) is 6.33. The molecule has 1 aromatic heterocycles. The van der Waals surface area contributed by atoms with Crippen LogP contribution in [-0.4, -0.2) is 70.2 Å². The minimum atomic E-state index is -4.75. The molecule has 0 radical (unpaired) electrons. The molecule has 9 nitrogen and oxygen atoms in total. The number of hydrogen-bond donors (Lipinski definition) is 0. The molecule has 2 heterocycles. The number of methoxy groups -OCH3 is 2. The van der Waals surface area contributed by atoms with Crippen molar-refractivity contribution in [2.75, 3.05) is 50.6 Å². The van der Waals surface area contributed by atoms with Crippen LogP contribution in [-0.2, 0) is 29.2 Å². The predicted octanol–water partition coefficient (Wildman–Crippen LogP) is 6.72. The van der Waals surface area contributed by atoms with Gasteiger partial charge in [-0.2, -0.15) is 13.2 Å². The molecule has 0 amide bonds. The smallest absolute Gasteiger partial charge is 0.416 e. The van der Waals surface area contributed by atoms with Crippen molar-refractivity contribution in [1.82, 2.24) is 14.9 Å². The zero-order chi connectivity index (χ0) is 36.3. The lowest BCUT2D eigenvalue weighted by Gasteiger charge is -2.48. The maximum Gasteiger partial charge on any atom is 0.416 e. The molecule has 1 atom stereocenters. The van der Waals surface area contributed by atoms with Crippen molar-refractivity contribution in [2.24, 2.45) is 0 Å². The van der Waals surface area contributed by atoms with Crippen molar-refractivity contribution in [2.45, 2.75) is 48.8 Å². The summed E-state index contributed by atoms with van der Waals surface area (Å²) < 4.78 is 112. The molecule has 0 saturated carbocycles. The quantitative estimate of drug-likeness (QED) is 0.149. The van der Waals surface area contributed by atoms with E-state index < -0.39 is 43.8 Å². The molecule has 1 fully saturated rings. The van der Waals surface area contributed by atoms with E-state index in [1.807, 2.05) is 19.0 Å². The fraction of sp³-hybridized carbons (Fsp3) is 0.371. The van der Waals surface area contributed by atoms with Crippen LogP contribution in [0.15, 0.2) is 78.1 Å². The summed E-state index contributed by atoms with van der Waals surface area (Å²) >= 11 is 0. The van der Waals surface area contributed by atoms with E-state index in [1.165, 1.54) is 32.5 Å². The third kappa shape index (κ3) is 7.78. The van der Waals surface area contributed by atoms with Crippen LogP contribution in [0.4, 0.5) is 33.5 Å². The maximum absolute atomic E-state index is 16.0. The van der Waals surface area contributed by atoms with Crippen molar-refractivity contribution in [3.8, 4) is 11.5 Å². The molecular formula is C35H38F5N5O4S. The number of nitrogens with zero attached hydrogens (tertiary/aromatic N) is 5. The van der Waals surface area contributed by atoms with Gasteiger partial charge in [-0.1, -0.05) is 18.2 Å². The van der Waals surface area contributed by atoms with E-state index >= 15 is 8.78 Å². The number of sulfonamides is 1. The number of hydrogen-bond acceptors (Lipinski definition) is 8. The Kier molecular flexibility index (Phi) is 10.9. The summed E-state index contributed by atoms with van der Waals surface area (Å²) in [4.78, 5) is 10.7. The lowest BCUT2D eigenvalue weighted by molar-refractivity contribution is -0.137. The van der Waals surface area contributed by atoms with Crippen molar-refractivity contribution in [1.29, 1.82) is 0 Å². The summed E-state index contributed by atoms with van der Waals surface area (Å²) in [5.41, 5.74) is -0.497. The highest BCUT2D eigenvalue weighted by molar-refractivity contribution is 7.92. The molecule has 0 N–H and O–H groups in total. The first kappa shape index (κ1) is 36.8. The van der Waals surface area contributed by atoms with Gasteiger partial charge in [-0.05, 0) is 69.6 Å². The van der Waals surface area contributed by atoms with E-state index in [1.54, 1.807) is 29.2 Å². The van der Waals surface area contributed by atoms with E-state index in [4.69, 9.17) is 9.47 Å². The second kappa shape index (κ2) is 14.8. The van der Waals surface area contributed by atoms with Crippen LogP contribution in [0, 0.1) is 11.6 Å². The molecule has 1 saturated heterocycles. The standard InChI is InChI=1S/C35H38F5N5O4S/c1-43(2)34(14-11-24-7-5-8-26(17-24)35(38,39)40)13-6-16-44(22-34)30-19-29(37)32(20-28(30)36)50(46,47)45(33-12-15-41-23-42-33)21-25-9-10-27(48-3)18-31(25)49-4/h5,7-10,12,15,17-20,23H,6,11,13-14,16,21-22H2,1-4H3/t34-/m1/s1. The van der Waals surface area contributed by atoms with E-state index in [2.05, 4.69) is 9.97 Å². The van der Waals surface area contributed by atoms with Gasteiger partial charge in [0.15, 0.2) is 0 Å². The number of piperidine rings is 1. The highest BCUT2D eigenvalue weighted by Gasteiger charge is 2.39. The summed E-state index contributed by atoms with van der Waals surface area (Å²) in [6, 6.07) is 12.9. The number of halogens is 5. The van der Waals surface area contributed by atoms with Crippen LogP contribution in [0.25, 0.3) is 0 Å². The number of alkyl halides is 3. The first-order valence-corrected chi connectivity index (χ1v) is 17.2. The zero-order valence-electron chi connectivity index (χ0n) is 28.0. The Labute approximate surface area is 288 Å². The Morgan fingerprint density at radius 2 is 1.76 bits per heavy atom. The molecule has 1 aliphatic heterocycles. The van der Waals surface area contributed by atoms with Gasteiger partial charge in [0.25, 0.3) is 10.0 Å². The second-order valence-corrected chi connectivity index (χ2v) is 14.2. The van der Waals surface area contributed by atoms with Crippen LogP contribution in [0.5, 0.6) is 11.5 Å². The van der Waals surface area contributed by atoms with Crippen molar-refractivity contribution in [3.05, 3.63) is 102 Å². The van der Waals surface area contributed by atoms with Crippen molar-refractivity contribution >= 4 is 21.5 Å². The molecular weight excluding hydrogens is 681 g/mol. The molecule has 4 aromatic rings.